The van der Waals surface area contributed by atoms with E-state index < -0.39 is 76.4 Å². The van der Waals surface area contributed by atoms with Crippen LogP contribution < -0.4 is 9.61 Å². The van der Waals surface area contributed by atoms with Crippen molar-refractivity contribution in [2.45, 2.75) is 170 Å². The molecule has 45 heteroatoms. The van der Waals surface area contributed by atoms with Crippen LogP contribution in [-0.4, -0.2) is 152 Å². The summed E-state index contributed by atoms with van der Waals surface area (Å²) in [7, 11) is -19.7. The lowest BCUT2D eigenvalue weighted by atomic mass is 9.71. The van der Waals surface area contributed by atoms with Gasteiger partial charge in [-0.3, -0.25) is 34.3 Å². The summed E-state index contributed by atoms with van der Waals surface area (Å²) < 4.78 is 305. The van der Waals surface area contributed by atoms with Crippen molar-refractivity contribution < 1.29 is 155 Å². The summed E-state index contributed by atoms with van der Waals surface area (Å²) in [6.07, 6.45) is 19.0. The number of nitrogens with zero attached hydrogens (tertiary/aromatic N) is 4. The van der Waals surface area contributed by atoms with Gasteiger partial charge in [0.1, 0.15) is 40.7 Å². The Morgan fingerprint density at radius 3 is 1.29 bits per heavy atom. The number of carboxylic acid groups (broad SMARTS) is 1. The molecule has 0 bridgehead atoms. The third-order valence-electron chi connectivity index (χ3n) is 21.0. The van der Waals surface area contributed by atoms with Gasteiger partial charge in [-0.1, -0.05) is 25.7 Å². The summed E-state index contributed by atoms with van der Waals surface area (Å²) in [5, 5.41) is 9.91. The number of carbonyl (C=O) groups is 3. The summed E-state index contributed by atoms with van der Waals surface area (Å²) >= 11 is 0. The van der Waals surface area contributed by atoms with Crippen LogP contribution in [0.2, 0.25) is 0 Å². The number of carboxylic acids is 1. The van der Waals surface area contributed by atoms with Gasteiger partial charge in [-0.2, -0.15) is 77.9 Å². The zero-order valence-electron chi connectivity index (χ0n) is 68.1. The van der Waals surface area contributed by atoms with Crippen molar-refractivity contribution in [3.63, 3.8) is 0 Å². The summed E-state index contributed by atoms with van der Waals surface area (Å²) in [4.78, 5) is 62.0. The molecule has 700 valence electrons. The fourth-order valence-corrected chi connectivity index (χ4v) is 15.8. The summed E-state index contributed by atoms with van der Waals surface area (Å²) in [5.41, 5.74) is -8.83. The molecule has 1 saturated carbocycles. The van der Waals surface area contributed by atoms with Crippen molar-refractivity contribution in [2.24, 2.45) is 0 Å². The largest absolute Gasteiger partial charge is 0.534 e. The molecular formula is C85H81BF17N5O19S3. The van der Waals surface area contributed by atoms with Gasteiger partial charge in [0.05, 0.1) is 59.7 Å². The second-order valence-corrected chi connectivity index (χ2v) is 35.1. The minimum absolute atomic E-state index is 0. The van der Waals surface area contributed by atoms with Crippen molar-refractivity contribution in [3.05, 3.63) is 232 Å². The number of pyridine rings is 5. The van der Waals surface area contributed by atoms with E-state index in [9.17, 15) is 114 Å². The number of aromatic nitrogens is 5. The maximum Gasteiger partial charge on any atom is 0.534 e. The highest BCUT2D eigenvalue weighted by Crippen LogP contribution is 2.45. The standard InChI is InChI=1S/C17H16FNO2.C15H14FNO.C15H12FNO.C14H23BO4.C10H5F4NO3S.C9H6FNO.C2F6O5S2.C2HF3O2.CH4/c18-13-1-2-16-15(11-13)14(5-8-19-16)12-3-6-17(7-4-12)20-9-10-21-17;2*16-11-3-6-15-14(9-11)13(7-8-17-15)10-1-4-12(18)5-2-10;1-12(2)13(3,4)19-15(18-12)11-5-7-14(8-6-11)16-9-10-17-14;11-6-1-2-8-7(5-6)9(3-4-15-8)18-19(16,17)10(12,13)14;10-6-1-2-8-7(5-6)9(12)3-4-11-8;3-1(4,5)14(9,10)13-15(11,12)2(6,7)8;3-2(4,5)1(6)7;/h1-3,5,8,11H,4,6-7,9-10H2;3,6-10H,1-2,4-5H2;1,3,6-9H,2,4-5H2;5H,6-10H2,1-4H3;1-5H;1-5H,(H,11,12);;(H,6,7);1H4. The fourth-order valence-electron chi connectivity index (χ4n) is 13.8. The SMILES string of the molecule is C.CC1(C)OB(C2=CCC3(CC2)OCCO3)OC1(C)C.Fc1ccc2nccc(C3=CCC4(CC3)OCCO4)c2c1.O=C(O)C(F)(F)F.O=C1CC=C(c2ccnc3ccc(F)cc23)CC1.O=C1CCC(c2ccnc3ccc(F)cc23)CC1.O=S(=O)(OS(=O)(=O)C(F)(F)F)C(F)(F)F.O=S(=O)(Oc1ccnc2ccc(F)cc12)C(F)(F)F.O=c1cc[nH]c2ccc(F)cc12. The lowest BCUT2D eigenvalue weighted by molar-refractivity contribution is -0.192. The number of H-pyrrole nitrogens is 1. The average molecular weight is 1910 g/mol. The van der Waals surface area contributed by atoms with Crippen LogP contribution in [-0.2, 0) is 76.6 Å². The molecule has 4 fully saturated rings. The molecule has 5 aromatic carbocycles. The number of aliphatic carboxylic acids is 1. The second kappa shape index (κ2) is 41.8. The Hall–Kier alpha value is -10.8. The number of alkyl halides is 12. The molecule has 0 amide bonds. The number of nitrogens with one attached hydrogen (secondary N) is 1. The van der Waals surface area contributed by atoms with Crippen LogP contribution in [0, 0.1) is 29.1 Å². The van der Waals surface area contributed by atoms with Crippen LogP contribution in [0.4, 0.5) is 74.6 Å². The first kappa shape index (κ1) is 103. The van der Waals surface area contributed by atoms with E-state index >= 15 is 0 Å². The molecule has 24 nitrogen and oxygen atoms in total. The number of hydrogen-bond donors (Lipinski definition) is 2. The Labute approximate surface area is 731 Å². The van der Waals surface area contributed by atoms with Gasteiger partial charge >= 0.3 is 66.1 Å². The Bertz CT molecular complexity index is 6260. The lowest BCUT2D eigenvalue weighted by Crippen LogP contribution is -2.41. The number of rotatable bonds is 8. The number of aromatic amines is 1. The molecule has 5 aromatic heterocycles. The molecule has 0 radical (unpaired) electrons. The molecule has 3 aliphatic heterocycles. The summed E-state index contributed by atoms with van der Waals surface area (Å²) in [6.45, 7) is 11.1. The maximum atomic E-state index is 13.5. The molecule has 10 aromatic rings. The molecular weight excluding hydrogens is 1820 g/mol. The first-order chi connectivity index (χ1) is 60.2. The van der Waals surface area contributed by atoms with Crippen molar-refractivity contribution >= 4 is 121 Å². The van der Waals surface area contributed by atoms with Crippen molar-refractivity contribution in [1.29, 1.82) is 0 Å². The summed E-state index contributed by atoms with van der Waals surface area (Å²) in [6, 6.07) is 29.3. The number of carbonyl (C=O) groups excluding carboxylic acids is 2. The monoisotopic (exact) mass is 1910 g/mol. The number of Topliss-reactive ketones (excluding diaryl/α,β-unsaturated/α-hetero) is 2. The van der Waals surface area contributed by atoms with Gasteiger partial charge in [-0.05, 0) is 208 Å². The zero-order valence-corrected chi connectivity index (χ0v) is 70.5. The predicted molar refractivity (Wildman–Crippen MR) is 441 cm³/mol. The van der Waals surface area contributed by atoms with Gasteiger partial charge in [0.2, 0.25) is 0 Å². The lowest BCUT2D eigenvalue weighted by Gasteiger charge is -2.32. The molecule has 0 unspecified atom stereocenters. The van der Waals surface area contributed by atoms with E-state index in [0.29, 0.717) is 74.7 Å². The van der Waals surface area contributed by atoms with E-state index in [1.807, 2.05) is 27.9 Å². The molecule has 2 spiro atoms. The van der Waals surface area contributed by atoms with Crippen molar-refractivity contribution in [3.8, 4) is 5.75 Å². The number of halogens is 17. The summed E-state index contributed by atoms with van der Waals surface area (Å²) in [5.74, 6) is -5.08. The minimum atomic E-state index is -6.85. The number of allylic oxidation sites excluding steroid dienone is 4. The quantitative estimate of drug-likeness (QED) is 0.0617. The Balaban J connectivity index is 0.000000169. The number of ether oxygens (including phenoxy) is 4. The average Bonchev–Trinajstić information content (AvgIpc) is 1.59. The molecule has 0 atom stereocenters. The highest BCUT2D eigenvalue weighted by molar-refractivity contribution is 8.00. The topological polar surface area (TPSA) is 332 Å². The zero-order chi connectivity index (χ0) is 94.7. The Morgan fingerprint density at radius 1 is 0.469 bits per heavy atom. The molecule has 7 aliphatic rings. The van der Waals surface area contributed by atoms with Crippen LogP contribution in [0.25, 0.3) is 65.7 Å². The Kier molecular flexibility index (Phi) is 33.1. The van der Waals surface area contributed by atoms with Crippen LogP contribution in [0.15, 0.2) is 181 Å². The Morgan fingerprint density at radius 2 is 0.869 bits per heavy atom. The van der Waals surface area contributed by atoms with E-state index in [1.165, 1.54) is 59.6 Å². The first-order valence-corrected chi connectivity index (χ1v) is 43.0. The normalized spacial score (nSPS) is 17.8. The van der Waals surface area contributed by atoms with Crippen LogP contribution in [0.5, 0.6) is 5.75 Å². The molecule has 4 aliphatic carbocycles. The van der Waals surface area contributed by atoms with Gasteiger partial charge in [0, 0.05) is 127 Å². The maximum absolute atomic E-state index is 13.5. The fraction of sp³-hybridized carbons (Fsp3) is 0.365. The van der Waals surface area contributed by atoms with Gasteiger partial charge in [-0.25, -0.2) is 26.7 Å². The van der Waals surface area contributed by atoms with Crippen LogP contribution in [0.1, 0.15) is 141 Å². The molecule has 130 heavy (non-hydrogen) atoms. The highest BCUT2D eigenvalue weighted by Gasteiger charge is 2.58. The van der Waals surface area contributed by atoms with E-state index in [1.54, 1.807) is 61.2 Å². The number of ketones is 2. The van der Waals surface area contributed by atoms with Crippen LogP contribution >= 0.6 is 0 Å². The smallest absolute Gasteiger partial charge is 0.475 e. The van der Waals surface area contributed by atoms with E-state index in [-0.39, 0.29) is 76.9 Å². The van der Waals surface area contributed by atoms with Gasteiger partial charge in [-0.15, -0.1) is 3.63 Å². The van der Waals surface area contributed by atoms with Gasteiger partial charge < -0.3 is 42.5 Å². The van der Waals surface area contributed by atoms with Gasteiger partial charge in [0.15, 0.2) is 22.8 Å². The first-order valence-electron chi connectivity index (χ1n) is 38.8. The molecule has 8 heterocycles. The van der Waals surface area contributed by atoms with Crippen molar-refractivity contribution in [1.82, 2.24) is 24.9 Å². The molecule has 17 rings (SSSR count). The highest BCUT2D eigenvalue weighted by atomic mass is 32.3. The number of fused-ring (bicyclic) bond motifs is 5. The third kappa shape index (κ3) is 26.3. The van der Waals surface area contributed by atoms with Crippen molar-refractivity contribution in [2.75, 3.05) is 26.4 Å². The third-order valence-corrected chi connectivity index (χ3v) is 24.5. The van der Waals surface area contributed by atoms with E-state index in [0.717, 1.165) is 137 Å². The molecule has 2 N–H and O–H groups in total. The van der Waals surface area contributed by atoms with E-state index in [2.05, 4.69) is 68.9 Å². The van der Waals surface area contributed by atoms with E-state index in [4.69, 9.17) is 38.2 Å². The van der Waals surface area contributed by atoms with Gasteiger partial charge in [0.25, 0.3) is 0 Å². The number of benzene rings is 5. The van der Waals surface area contributed by atoms with Crippen LogP contribution in [0.3, 0.4) is 0 Å². The molecule has 3 saturated heterocycles. The number of hydrogen-bond acceptors (Lipinski definition) is 22. The predicted octanol–water partition coefficient (Wildman–Crippen LogP) is 19.5. The second-order valence-electron chi connectivity index (χ2n) is 30.3. The minimum Gasteiger partial charge on any atom is -0.475 e.